The van der Waals surface area contributed by atoms with Crippen LogP contribution >= 0.6 is 0 Å². The molecule has 3 N–H and O–H groups in total. The molecule has 0 fully saturated rings. The molecule has 0 radical (unpaired) electrons. The second-order valence-corrected chi connectivity index (χ2v) is 4.00. The van der Waals surface area contributed by atoms with E-state index in [1.165, 1.54) is 0 Å². The van der Waals surface area contributed by atoms with Crippen LogP contribution in [0, 0.1) is 18.3 Å². The fraction of sp³-hybridized carbons (Fsp3) is 0.143. The maximum absolute atomic E-state index is 9.09. The summed E-state index contributed by atoms with van der Waals surface area (Å²) < 4.78 is 5.12. The Balaban J connectivity index is 2.52. The van der Waals surface area contributed by atoms with Crippen molar-refractivity contribution in [3.63, 3.8) is 0 Å². The molecule has 0 aliphatic carbocycles. The lowest BCUT2D eigenvalue weighted by Crippen LogP contribution is -2.11. The summed E-state index contributed by atoms with van der Waals surface area (Å²) in [6.45, 7) is 1.88. The largest absolute Gasteiger partial charge is 0.497 e. The molecule has 0 saturated carbocycles. The summed E-state index contributed by atoms with van der Waals surface area (Å²) in [7, 11) is 1.62. The van der Waals surface area contributed by atoms with E-state index in [9.17, 15) is 0 Å². The number of pyridine rings is 1. The van der Waals surface area contributed by atoms with Gasteiger partial charge in [0.1, 0.15) is 11.8 Å². The molecule has 0 aliphatic rings. The molecule has 5 heteroatoms. The molecule has 5 nitrogen and oxygen atoms in total. The molecule has 0 atom stereocenters. The van der Waals surface area contributed by atoms with E-state index in [2.05, 4.69) is 16.5 Å². The summed E-state index contributed by atoms with van der Waals surface area (Å²) in [5, 5.41) is 9.09. The van der Waals surface area contributed by atoms with E-state index in [-0.39, 0.29) is 0 Å². The highest BCUT2D eigenvalue weighted by molar-refractivity contribution is 5.71. The highest BCUT2D eigenvalue weighted by atomic mass is 16.5. The van der Waals surface area contributed by atoms with Crippen molar-refractivity contribution in [1.82, 2.24) is 4.98 Å². The van der Waals surface area contributed by atoms with Crippen LogP contribution in [0.1, 0.15) is 11.3 Å². The van der Waals surface area contributed by atoms with Crippen LogP contribution in [0.4, 0.5) is 5.82 Å². The van der Waals surface area contributed by atoms with E-state index in [1.54, 1.807) is 13.2 Å². The van der Waals surface area contributed by atoms with Crippen LogP contribution in [0.15, 0.2) is 30.3 Å². The van der Waals surface area contributed by atoms with Crippen LogP contribution in [0.2, 0.25) is 0 Å². The Bertz CT molecular complexity index is 629. The van der Waals surface area contributed by atoms with Crippen molar-refractivity contribution < 1.29 is 4.74 Å². The molecular weight excluding hydrogens is 240 g/mol. The summed E-state index contributed by atoms with van der Waals surface area (Å²) in [6.07, 6.45) is 0. The highest BCUT2D eigenvalue weighted by Crippen LogP contribution is 2.27. The molecule has 0 spiro atoms. The summed E-state index contributed by atoms with van der Waals surface area (Å²) >= 11 is 0. The van der Waals surface area contributed by atoms with Gasteiger partial charge in [-0.05, 0) is 30.7 Å². The van der Waals surface area contributed by atoms with Gasteiger partial charge in [0.05, 0.1) is 12.7 Å². The van der Waals surface area contributed by atoms with Crippen molar-refractivity contribution in [2.75, 3.05) is 12.5 Å². The number of aromatic nitrogens is 1. The van der Waals surface area contributed by atoms with Crippen LogP contribution in [-0.4, -0.2) is 12.1 Å². The minimum atomic E-state index is 0.386. The number of nitrogens with two attached hydrogens (primary N) is 1. The predicted octanol–water partition coefficient (Wildman–Crippen LogP) is 2.22. The SMILES string of the molecule is COc1ccc(-c2cc(C#N)c(NN)nc2C)cc1. The molecule has 96 valence electrons. The zero-order valence-electron chi connectivity index (χ0n) is 10.8. The molecule has 0 bridgehead atoms. The van der Waals surface area contributed by atoms with Crippen LogP contribution in [0.5, 0.6) is 5.75 Å². The van der Waals surface area contributed by atoms with E-state index < -0.39 is 0 Å². The molecular formula is C14H14N4O. The normalized spacial score (nSPS) is 9.79. The Morgan fingerprint density at radius 2 is 2.00 bits per heavy atom. The third-order valence-corrected chi connectivity index (χ3v) is 2.87. The molecule has 2 rings (SSSR count). The van der Waals surface area contributed by atoms with Crippen LogP contribution in [-0.2, 0) is 0 Å². The zero-order valence-corrected chi connectivity index (χ0v) is 10.8. The number of aryl methyl sites for hydroxylation is 1. The van der Waals surface area contributed by atoms with Gasteiger partial charge in [-0.2, -0.15) is 5.26 Å². The number of nitriles is 1. The van der Waals surface area contributed by atoms with Gasteiger partial charge >= 0.3 is 0 Å². The molecule has 0 unspecified atom stereocenters. The van der Waals surface area contributed by atoms with E-state index in [4.69, 9.17) is 15.8 Å². The first-order valence-corrected chi connectivity index (χ1v) is 5.72. The van der Waals surface area contributed by atoms with Crippen molar-refractivity contribution in [3.05, 3.63) is 41.6 Å². The second kappa shape index (κ2) is 5.38. The molecule has 0 aliphatic heterocycles. The lowest BCUT2D eigenvalue weighted by Gasteiger charge is -2.10. The number of hydrogen-bond donors (Lipinski definition) is 2. The van der Waals surface area contributed by atoms with E-state index in [0.29, 0.717) is 11.4 Å². The van der Waals surface area contributed by atoms with Crippen molar-refractivity contribution in [3.8, 4) is 22.9 Å². The summed E-state index contributed by atoms with van der Waals surface area (Å²) in [6, 6.07) is 11.5. The fourth-order valence-corrected chi connectivity index (χ4v) is 1.86. The third kappa shape index (κ3) is 2.49. The molecule has 1 heterocycles. The zero-order chi connectivity index (χ0) is 13.8. The number of hydrogen-bond acceptors (Lipinski definition) is 5. The monoisotopic (exact) mass is 254 g/mol. The number of ether oxygens (including phenoxy) is 1. The molecule has 1 aromatic heterocycles. The lowest BCUT2D eigenvalue weighted by molar-refractivity contribution is 0.415. The van der Waals surface area contributed by atoms with E-state index in [0.717, 1.165) is 22.6 Å². The number of hydrazine groups is 1. The summed E-state index contributed by atoms with van der Waals surface area (Å²) in [5.41, 5.74) is 5.53. The number of anilines is 1. The summed E-state index contributed by atoms with van der Waals surface area (Å²) in [5.74, 6) is 6.52. The Kier molecular flexibility index (Phi) is 3.64. The lowest BCUT2D eigenvalue weighted by atomic mass is 10.0. The number of benzene rings is 1. The van der Waals surface area contributed by atoms with Gasteiger partial charge in [-0.3, -0.25) is 0 Å². The Morgan fingerprint density at radius 3 is 2.53 bits per heavy atom. The first-order chi connectivity index (χ1) is 9.19. The van der Waals surface area contributed by atoms with Crippen molar-refractivity contribution in [2.45, 2.75) is 6.92 Å². The first kappa shape index (κ1) is 12.9. The molecule has 0 saturated heterocycles. The maximum atomic E-state index is 9.09. The molecule has 19 heavy (non-hydrogen) atoms. The first-order valence-electron chi connectivity index (χ1n) is 5.72. The van der Waals surface area contributed by atoms with Crippen LogP contribution in [0.25, 0.3) is 11.1 Å². The van der Waals surface area contributed by atoms with Gasteiger partial charge in [0.2, 0.25) is 0 Å². The standard InChI is InChI=1S/C14H14N4O/c1-9-13(7-11(8-15)14(17-9)18-16)10-3-5-12(19-2)6-4-10/h3-7H,16H2,1-2H3,(H,17,18). The van der Waals surface area contributed by atoms with Crippen molar-refractivity contribution >= 4 is 5.82 Å². The molecule has 2 aromatic rings. The third-order valence-electron chi connectivity index (χ3n) is 2.87. The average Bonchev–Trinajstić information content (AvgIpc) is 2.47. The number of nitrogens with one attached hydrogen (secondary N) is 1. The number of rotatable bonds is 3. The Labute approximate surface area is 111 Å². The Morgan fingerprint density at radius 1 is 1.32 bits per heavy atom. The number of nitrogen functional groups attached to an aromatic ring is 1. The van der Waals surface area contributed by atoms with Crippen molar-refractivity contribution in [1.29, 1.82) is 5.26 Å². The van der Waals surface area contributed by atoms with E-state index in [1.807, 2.05) is 31.2 Å². The summed E-state index contributed by atoms with van der Waals surface area (Å²) in [4.78, 5) is 4.29. The van der Waals surface area contributed by atoms with Gasteiger partial charge in [-0.1, -0.05) is 12.1 Å². The minimum absolute atomic E-state index is 0.386. The van der Waals surface area contributed by atoms with Crippen LogP contribution < -0.4 is 16.0 Å². The Hall–Kier alpha value is -2.58. The van der Waals surface area contributed by atoms with Gasteiger partial charge in [-0.15, -0.1) is 0 Å². The van der Waals surface area contributed by atoms with Gasteiger partial charge in [0.15, 0.2) is 5.82 Å². The predicted molar refractivity (Wildman–Crippen MR) is 73.5 cm³/mol. The topological polar surface area (TPSA) is 84.0 Å². The van der Waals surface area contributed by atoms with E-state index >= 15 is 0 Å². The van der Waals surface area contributed by atoms with Gasteiger partial charge in [-0.25, -0.2) is 10.8 Å². The number of nitrogens with zero attached hydrogens (tertiary/aromatic N) is 2. The highest BCUT2D eigenvalue weighted by Gasteiger charge is 2.10. The average molecular weight is 254 g/mol. The fourth-order valence-electron chi connectivity index (χ4n) is 1.86. The molecule has 1 aromatic carbocycles. The number of methoxy groups -OCH3 is 1. The minimum Gasteiger partial charge on any atom is -0.497 e. The van der Waals surface area contributed by atoms with Crippen molar-refractivity contribution in [2.24, 2.45) is 5.84 Å². The smallest absolute Gasteiger partial charge is 0.158 e. The maximum Gasteiger partial charge on any atom is 0.158 e. The van der Waals surface area contributed by atoms with Gasteiger partial charge in [0.25, 0.3) is 0 Å². The quantitative estimate of drug-likeness (QED) is 0.648. The molecule has 0 amide bonds. The second-order valence-electron chi connectivity index (χ2n) is 4.00. The van der Waals surface area contributed by atoms with Crippen LogP contribution in [0.3, 0.4) is 0 Å². The van der Waals surface area contributed by atoms with Gasteiger partial charge < -0.3 is 10.2 Å². The van der Waals surface area contributed by atoms with Gasteiger partial charge in [0, 0.05) is 11.3 Å².